The summed E-state index contributed by atoms with van der Waals surface area (Å²) in [6, 6.07) is 4.72. The van der Waals surface area contributed by atoms with Gasteiger partial charge in [0, 0.05) is 5.56 Å². The van der Waals surface area contributed by atoms with E-state index in [1.165, 1.54) is 11.8 Å². The highest BCUT2D eigenvalue weighted by molar-refractivity contribution is 7.99. The number of nitrogens with two attached hydrogens (primary N) is 1. The van der Waals surface area contributed by atoms with Gasteiger partial charge in [-0.3, -0.25) is 4.79 Å². The van der Waals surface area contributed by atoms with Crippen molar-refractivity contribution in [2.75, 3.05) is 17.3 Å². The van der Waals surface area contributed by atoms with Gasteiger partial charge in [0.1, 0.15) is 0 Å². The van der Waals surface area contributed by atoms with Crippen LogP contribution in [0.5, 0.6) is 0 Å². The summed E-state index contributed by atoms with van der Waals surface area (Å²) in [6.07, 6.45) is 1.83. The van der Waals surface area contributed by atoms with Crippen LogP contribution in [0.15, 0.2) is 23.4 Å². The number of carbonyl (C=O) groups is 1. The molecule has 1 aromatic carbocycles. The van der Waals surface area contributed by atoms with E-state index in [4.69, 9.17) is 22.5 Å². The highest BCUT2D eigenvalue weighted by atomic mass is 35.5. The molecule has 17 heavy (non-hydrogen) atoms. The number of hydrogen-bond donors (Lipinski definition) is 3. The van der Waals surface area contributed by atoms with Crippen LogP contribution < -0.4 is 11.1 Å². The maximum atomic E-state index is 11.4. The van der Waals surface area contributed by atoms with E-state index in [1.54, 1.807) is 18.2 Å². The average molecular weight is 274 g/mol. The van der Waals surface area contributed by atoms with Gasteiger partial charge in [0.2, 0.25) is 5.91 Å². The second kappa shape index (κ2) is 6.36. The van der Waals surface area contributed by atoms with E-state index >= 15 is 0 Å². The van der Waals surface area contributed by atoms with Crippen molar-refractivity contribution in [3.8, 4) is 0 Å². The SMILES string of the molecule is CSCC(=O)Nc1cc(C(N)=NO)ccc1Cl. The van der Waals surface area contributed by atoms with Gasteiger partial charge in [0.25, 0.3) is 0 Å². The molecule has 0 saturated heterocycles. The summed E-state index contributed by atoms with van der Waals surface area (Å²) in [5, 5.41) is 14.5. The number of benzene rings is 1. The van der Waals surface area contributed by atoms with Crippen molar-refractivity contribution in [2.24, 2.45) is 10.9 Å². The molecule has 0 atom stereocenters. The number of oxime groups is 1. The number of anilines is 1. The van der Waals surface area contributed by atoms with Crippen LogP contribution >= 0.6 is 23.4 Å². The van der Waals surface area contributed by atoms with Crippen LogP contribution in [0.2, 0.25) is 5.02 Å². The van der Waals surface area contributed by atoms with E-state index in [0.717, 1.165) is 0 Å². The molecule has 0 aromatic heterocycles. The molecule has 1 amide bonds. The third-order valence-corrected chi connectivity index (χ3v) is 2.80. The van der Waals surface area contributed by atoms with Crippen molar-refractivity contribution >= 4 is 40.8 Å². The maximum Gasteiger partial charge on any atom is 0.234 e. The zero-order valence-electron chi connectivity index (χ0n) is 9.11. The first-order valence-electron chi connectivity index (χ1n) is 4.64. The van der Waals surface area contributed by atoms with Crippen LogP contribution in [-0.4, -0.2) is 29.0 Å². The first-order valence-corrected chi connectivity index (χ1v) is 6.42. The molecule has 5 nitrogen and oxygen atoms in total. The summed E-state index contributed by atoms with van der Waals surface area (Å²) in [4.78, 5) is 11.4. The Morgan fingerprint density at radius 3 is 2.94 bits per heavy atom. The average Bonchev–Trinajstić information content (AvgIpc) is 2.31. The van der Waals surface area contributed by atoms with Gasteiger partial charge in [-0.1, -0.05) is 16.8 Å². The molecule has 1 rings (SSSR count). The minimum absolute atomic E-state index is 0.0398. The van der Waals surface area contributed by atoms with E-state index < -0.39 is 0 Å². The van der Waals surface area contributed by atoms with Crippen LogP contribution in [0.25, 0.3) is 0 Å². The zero-order chi connectivity index (χ0) is 12.8. The van der Waals surface area contributed by atoms with Crippen LogP contribution in [-0.2, 0) is 4.79 Å². The Kier molecular flexibility index (Phi) is 5.11. The van der Waals surface area contributed by atoms with Crippen molar-refractivity contribution < 1.29 is 10.0 Å². The number of rotatable bonds is 4. The summed E-state index contributed by atoms with van der Waals surface area (Å²) in [5.41, 5.74) is 6.37. The lowest BCUT2D eigenvalue weighted by atomic mass is 10.2. The normalized spacial score (nSPS) is 11.3. The molecule has 0 heterocycles. The molecule has 0 fully saturated rings. The van der Waals surface area contributed by atoms with Crippen LogP contribution in [0.1, 0.15) is 5.56 Å². The second-order valence-corrected chi connectivity index (χ2v) is 4.43. The van der Waals surface area contributed by atoms with Crippen LogP contribution in [0.4, 0.5) is 5.69 Å². The van der Waals surface area contributed by atoms with Gasteiger partial charge in [-0.2, -0.15) is 11.8 Å². The topological polar surface area (TPSA) is 87.7 Å². The molecule has 0 aliphatic heterocycles. The molecule has 92 valence electrons. The quantitative estimate of drug-likeness (QED) is 0.337. The fraction of sp³-hybridized carbons (Fsp3) is 0.200. The number of halogens is 1. The molecule has 0 bridgehead atoms. The first-order chi connectivity index (χ1) is 8.08. The molecule has 4 N–H and O–H groups in total. The number of nitrogens with one attached hydrogen (secondary N) is 1. The minimum atomic E-state index is -0.156. The summed E-state index contributed by atoms with van der Waals surface area (Å²) >= 11 is 7.33. The van der Waals surface area contributed by atoms with Gasteiger partial charge < -0.3 is 16.3 Å². The van der Waals surface area contributed by atoms with Crippen molar-refractivity contribution in [2.45, 2.75) is 0 Å². The number of hydrogen-bond acceptors (Lipinski definition) is 4. The van der Waals surface area contributed by atoms with E-state index in [2.05, 4.69) is 10.5 Å². The van der Waals surface area contributed by atoms with Crippen molar-refractivity contribution in [3.63, 3.8) is 0 Å². The minimum Gasteiger partial charge on any atom is -0.409 e. The van der Waals surface area contributed by atoms with Gasteiger partial charge in [0.05, 0.1) is 16.5 Å². The predicted octanol–water partition coefficient (Wildman–Crippen LogP) is 1.74. The highest BCUT2D eigenvalue weighted by Crippen LogP contribution is 2.23. The summed E-state index contributed by atoms with van der Waals surface area (Å²) in [6.45, 7) is 0. The fourth-order valence-corrected chi connectivity index (χ4v) is 1.65. The second-order valence-electron chi connectivity index (χ2n) is 3.16. The van der Waals surface area contributed by atoms with Crippen molar-refractivity contribution in [1.29, 1.82) is 0 Å². The molecule has 0 aliphatic carbocycles. The molecule has 0 spiro atoms. The maximum absolute atomic E-state index is 11.4. The molecular formula is C10H12ClN3O2S. The summed E-state index contributed by atoms with van der Waals surface area (Å²) in [7, 11) is 0. The Morgan fingerprint density at radius 2 is 2.35 bits per heavy atom. The standard InChI is InChI=1S/C10H12ClN3O2S/c1-17-5-9(15)13-8-4-6(10(12)14-16)2-3-7(8)11/h2-4,16H,5H2,1H3,(H2,12,14)(H,13,15). The van der Waals surface area contributed by atoms with E-state index in [-0.39, 0.29) is 11.7 Å². The Hall–Kier alpha value is -1.40. The van der Waals surface area contributed by atoms with Gasteiger partial charge in [-0.05, 0) is 24.5 Å². The number of thioether (sulfide) groups is 1. The number of carbonyl (C=O) groups excluding carboxylic acids is 1. The number of amidine groups is 1. The first kappa shape index (κ1) is 13.7. The summed E-state index contributed by atoms with van der Waals surface area (Å²) in [5.74, 6) is 0.141. The highest BCUT2D eigenvalue weighted by Gasteiger charge is 2.08. The molecule has 0 aliphatic rings. The lowest BCUT2D eigenvalue weighted by Gasteiger charge is -2.08. The number of nitrogens with zero attached hydrogens (tertiary/aromatic N) is 1. The molecule has 7 heteroatoms. The Morgan fingerprint density at radius 1 is 1.65 bits per heavy atom. The Labute approximate surface area is 108 Å². The molecule has 0 radical (unpaired) electrons. The van der Waals surface area contributed by atoms with Gasteiger partial charge in [0.15, 0.2) is 5.84 Å². The zero-order valence-corrected chi connectivity index (χ0v) is 10.7. The Balaban J connectivity index is 2.95. The lowest BCUT2D eigenvalue weighted by Crippen LogP contribution is -2.16. The molecular weight excluding hydrogens is 262 g/mol. The van der Waals surface area contributed by atoms with Gasteiger partial charge in [-0.25, -0.2) is 0 Å². The van der Waals surface area contributed by atoms with Crippen molar-refractivity contribution in [3.05, 3.63) is 28.8 Å². The largest absolute Gasteiger partial charge is 0.409 e. The van der Waals surface area contributed by atoms with Crippen molar-refractivity contribution in [1.82, 2.24) is 0 Å². The van der Waals surface area contributed by atoms with E-state index in [1.807, 2.05) is 6.26 Å². The fourth-order valence-electron chi connectivity index (χ4n) is 1.16. The van der Waals surface area contributed by atoms with E-state index in [0.29, 0.717) is 22.0 Å². The molecule has 1 aromatic rings. The third-order valence-electron chi connectivity index (χ3n) is 1.92. The van der Waals surface area contributed by atoms with Gasteiger partial charge >= 0.3 is 0 Å². The smallest absolute Gasteiger partial charge is 0.234 e. The molecule has 0 unspecified atom stereocenters. The monoisotopic (exact) mass is 273 g/mol. The van der Waals surface area contributed by atoms with Gasteiger partial charge in [-0.15, -0.1) is 0 Å². The third kappa shape index (κ3) is 3.83. The summed E-state index contributed by atoms with van der Waals surface area (Å²) < 4.78 is 0. The van der Waals surface area contributed by atoms with Crippen LogP contribution in [0, 0.1) is 0 Å². The lowest BCUT2D eigenvalue weighted by molar-refractivity contribution is -0.113. The van der Waals surface area contributed by atoms with Crippen LogP contribution in [0.3, 0.4) is 0 Å². The predicted molar refractivity (Wildman–Crippen MR) is 71.0 cm³/mol. The molecule has 0 saturated carbocycles. The Bertz CT molecular complexity index is 451. The van der Waals surface area contributed by atoms with E-state index in [9.17, 15) is 4.79 Å². The number of amides is 1.